The molecular weight excluding hydrogens is 334 g/mol. The van der Waals surface area contributed by atoms with Crippen molar-refractivity contribution in [2.45, 2.75) is 25.8 Å². The van der Waals surface area contributed by atoms with Gasteiger partial charge in [-0.15, -0.1) is 0 Å². The van der Waals surface area contributed by atoms with Crippen molar-refractivity contribution in [3.05, 3.63) is 75.2 Å². The van der Waals surface area contributed by atoms with Crippen molar-refractivity contribution in [1.29, 1.82) is 0 Å². The first-order chi connectivity index (χ1) is 12.2. The molecule has 0 aliphatic carbocycles. The van der Waals surface area contributed by atoms with Gasteiger partial charge in [-0.3, -0.25) is 4.79 Å². The van der Waals surface area contributed by atoms with E-state index >= 15 is 0 Å². The summed E-state index contributed by atoms with van der Waals surface area (Å²) in [4.78, 5) is 12.7. The van der Waals surface area contributed by atoms with Crippen LogP contribution in [0.2, 0.25) is 5.02 Å². The number of hydrogen-bond acceptors (Lipinski definition) is 3. The van der Waals surface area contributed by atoms with Crippen molar-refractivity contribution < 1.29 is 0 Å². The Morgan fingerprint density at radius 1 is 1.04 bits per heavy atom. The smallest absolute Gasteiger partial charge is 0.274 e. The number of fused-ring (bicyclic) bond motifs is 1. The molecule has 4 nitrogen and oxygen atoms in total. The number of nitrogens with one attached hydrogen (secondary N) is 1. The molecule has 0 atom stereocenters. The highest BCUT2D eigenvalue weighted by Crippen LogP contribution is 2.18. The first kappa shape index (κ1) is 17.6. The minimum Gasteiger partial charge on any atom is -0.320 e. The highest BCUT2D eigenvalue weighted by Gasteiger charge is 2.11. The fourth-order valence-electron chi connectivity index (χ4n) is 2.95. The standard InChI is InChI=1S/C20H22ClN3O/c1-22-12-4-5-13-24-20(25)18-7-3-2-6-17(18)19(23-24)14-15-8-10-16(21)11-9-15/h2-3,6-11,22H,4-5,12-14H2,1H3. The molecule has 0 spiro atoms. The van der Waals surface area contributed by atoms with E-state index in [0.717, 1.165) is 46.4 Å². The molecule has 5 heteroatoms. The van der Waals surface area contributed by atoms with Gasteiger partial charge in [-0.05, 0) is 50.2 Å². The lowest BCUT2D eigenvalue weighted by Gasteiger charge is -2.11. The lowest BCUT2D eigenvalue weighted by molar-refractivity contribution is 0.523. The van der Waals surface area contributed by atoms with Gasteiger partial charge in [-0.25, -0.2) is 4.68 Å². The minimum atomic E-state index is -0.0140. The van der Waals surface area contributed by atoms with Gasteiger partial charge in [0.2, 0.25) is 0 Å². The molecular formula is C20H22ClN3O. The summed E-state index contributed by atoms with van der Waals surface area (Å²) < 4.78 is 1.61. The number of halogens is 1. The highest BCUT2D eigenvalue weighted by atomic mass is 35.5. The lowest BCUT2D eigenvalue weighted by atomic mass is 10.0. The Bertz CT molecular complexity index is 903. The third kappa shape index (κ3) is 4.27. The van der Waals surface area contributed by atoms with Crippen LogP contribution in [0.5, 0.6) is 0 Å². The van der Waals surface area contributed by atoms with E-state index in [0.29, 0.717) is 13.0 Å². The molecule has 130 valence electrons. The molecule has 0 amide bonds. The van der Waals surface area contributed by atoms with E-state index in [4.69, 9.17) is 11.6 Å². The number of rotatable bonds is 7. The maximum Gasteiger partial charge on any atom is 0.274 e. The van der Waals surface area contributed by atoms with Gasteiger partial charge in [-0.1, -0.05) is 41.9 Å². The molecule has 0 aliphatic rings. The highest BCUT2D eigenvalue weighted by molar-refractivity contribution is 6.30. The summed E-state index contributed by atoms with van der Waals surface area (Å²) >= 11 is 5.97. The quantitative estimate of drug-likeness (QED) is 0.658. The van der Waals surface area contributed by atoms with Gasteiger partial charge in [0.1, 0.15) is 0 Å². The van der Waals surface area contributed by atoms with Crippen LogP contribution in [0.15, 0.2) is 53.3 Å². The summed E-state index contributed by atoms with van der Waals surface area (Å²) in [5, 5.41) is 10.2. The summed E-state index contributed by atoms with van der Waals surface area (Å²) in [6.07, 6.45) is 2.62. The Morgan fingerprint density at radius 3 is 2.48 bits per heavy atom. The largest absolute Gasteiger partial charge is 0.320 e. The van der Waals surface area contributed by atoms with Gasteiger partial charge in [0, 0.05) is 23.4 Å². The molecule has 1 aromatic heterocycles. The Hall–Kier alpha value is -2.17. The molecule has 0 saturated carbocycles. The second-order valence-corrected chi connectivity index (χ2v) is 6.57. The topological polar surface area (TPSA) is 46.9 Å². The van der Waals surface area contributed by atoms with Gasteiger partial charge in [0.25, 0.3) is 5.56 Å². The second kappa shape index (κ2) is 8.28. The summed E-state index contributed by atoms with van der Waals surface area (Å²) in [7, 11) is 1.94. The third-order valence-corrected chi connectivity index (χ3v) is 4.53. The van der Waals surface area contributed by atoms with Gasteiger partial charge in [-0.2, -0.15) is 5.10 Å². The minimum absolute atomic E-state index is 0.0140. The van der Waals surface area contributed by atoms with E-state index in [1.807, 2.05) is 55.6 Å². The summed E-state index contributed by atoms with van der Waals surface area (Å²) in [5.74, 6) is 0. The molecule has 1 heterocycles. The van der Waals surface area contributed by atoms with Crippen LogP contribution in [0.3, 0.4) is 0 Å². The van der Waals surface area contributed by atoms with Gasteiger partial charge in [0.15, 0.2) is 0 Å². The molecule has 1 N–H and O–H groups in total. The number of unbranched alkanes of at least 4 members (excludes halogenated alkanes) is 1. The fraction of sp³-hybridized carbons (Fsp3) is 0.300. The zero-order valence-electron chi connectivity index (χ0n) is 14.3. The van der Waals surface area contributed by atoms with Crippen LogP contribution in [0.25, 0.3) is 10.8 Å². The van der Waals surface area contributed by atoms with Crippen LogP contribution in [0, 0.1) is 0 Å². The number of hydrogen-bond donors (Lipinski definition) is 1. The molecule has 0 unspecified atom stereocenters. The average molecular weight is 356 g/mol. The molecule has 25 heavy (non-hydrogen) atoms. The lowest BCUT2D eigenvalue weighted by Crippen LogP contribution is -2.25. The summed E-state index contributed by atoms with van der Waals surface area (Å²) in [6.45, 7) is 1.58. The molecule has 3 aromatic rings. The Balaban J connectivity index is 1.96. The summed E-state index contributed by atoms with van der Waals surface area (Å²) in [6, 6.07) is 15.5. The monoisotopic (exact) mass is 355 g/mol. The van der Waals surface area contributed by atoms with Crippen LogP contribution < -0.4 is 10.9 Å². The van der Waals surface area contributed by atoms with Crippen molar-refractivity contribution >= 4 is 22.4 Å². The molecule has 3 rings (SSSR count). The fourth-order valence-corrected chi connectivity index (χ4v) is 3.07. The summed E-state index contributed by atoms with van der Waals surface area (Å²) in [5.41, 5.74) is 2.04. The van der Waals surface area contributed by atoms with E-state index in [1.165, 1.54) is 0 Å². The van der Waals surface area contributed by atoms with Crippen LogP contribution in [0.1, 0.15) is 24.1 Å². The predicted molar refractivity (Wildman–Crippen MR) is 103 cm³/mol. The third-order valence-electron chi connectivity index (χ3n) is 4.28. The molecule has 0 bridgehead atoms. The zero-order chi connectivity index (χ0) is 17.6. The van der Waals surface area contributed by atoms with Crippen LogP contribution in [-0.4, -0.2) is 23.4 Å². The molecule has 2 aromatic carbocycles. The van der Waals surface area contributed by atoms with Gasteiger partial charge in [0.05, 0.1) is 11.1 Å². The SMILES string of the molecule is CNCCCCn1nc(Cc2ccc(Cl)cc2)c2ccccc2c1=O. The average Bonchev–Trinajstić information content (AvgIpc) is 2.64. The Kier molecular flexibility index (Phi) is 5.84. The Labute approximate surface area is 152 Å². The first-order valence-corrected chi connectivity index (χ1v) is 8.94. The number of benzene rings is 2. The number of aryl methyl sites for hydroxylation is 1. The van der Waals surface area contributed by atoms with Crippen LogP contribution in [0.4, 0.5) is 0 Å². The Morgan fingerprint density at radius 2 is 1.76 bits per heavy atom. The van der Waals surface area contributed by atoms with Gasteiger partial charge >= 0.3 is 0 Å². The second-order valence-electron chi connectivity index (χ2n) is 6.13. The van der Waals surface area contributed by atoms with Crippen LogP contribution in [-0.2, 0) is 13.0 Å². The van der Waals surface area contributed by atoms with E-state index in [1.54, 1.807) is 4.68 Å². The normalized spacial score (nSPS) is 11.1. The van der Waals surface area contributed by atoms with Crippen molar-refractivity contribution in [3.8, 4) is 0 Å². The van der Waals surface area contributed by atoms with Crippen molar-refractivity contribution in [2.75, 3.05) is 13.6 Å². The number of nitrogens with zero attached hydrogens (tertiary/aromatic N) is 2. The molecule has 0 fully saturated rings. The van der Waals surface area contributed by atoms with Crippen LogP contribution >= 0.6 is 11.6 Å². The number of aromatic nitrogens is 2. The van der Waals surface area contributed by atoms with Crippen molar-refractivity contribution in [1.82, 2.24) is 15.1 Å². The van der Waals surface area contributed by atoms with Crippen molar-refractivity contribution in [3.63, 3.8) is 0 Å². The van der Waals surface area contributed by atoms with E-state index in [2.05, 4.69) is 10.4 Å². The maximum atomic E-state index is 12.7. The predicted octanol–water partition coefficient (Wildman–Crippen LogP) is 3.64. The molecule has 0 aliphatic heterocycles. The van der Waals surface area contributed by atoms with E-state index in [9.17, 15) is 4.79 Å². The molecule has 0 radical (unpaired) electrons. The zero-order valence-corrected chi connectivity index (χ0v) is 15.1. The first-order valence-electron chi connectivity index (χ1n) is 8.57. The van der Waals surface area contributed by atoms with E-state index < -0.39 is 0 Å². The van der Waals surface area contributed by atoms with Gasteiger partial charge < -0.3 is 5.32 Å². The molecule has 0 saturated heterocycles. The van der Waals surface area contributed by atoms with Crippen molar-refractivity contribution in [2.24, 2.45) is 0 Å². The maximum absolute atomic E-state index is 12.7. The van der Waals surface area contributed by atoms with E-state index in [-0.39, 0.29) is 5.56 Å².